The van der Waals surface area contributed by atoms with Gasteiger partial charge in [0, 0.05) is 38.0 Å². The van der Waals surface area contributed by atoms with Crippen LogP contribution in [0.4, 0.5) is 0 Å². The summed E-state index contributed by atoms with van der Waals surface area (Å²) in [6.07, 6.45) is 6.79. The van der Waals surface area contributed by atoms with Gasteiger partial charge >= 0.3 is 5.97 Å². The number of hydrogen-bond acceptors (Lipinski definition) is 5. The van der Waals surface area contributed by atoms with Crippen LogP contribution in [0.1, 0.15) is 76.3 Å². The number of carbonyl (C=O) groups is 2. The van der Waals surface area contributed by atoms with Gasteiger partial charge in [-0.3, -0.25) is 14.5 Å². The summed E-state index contributed by atoms with van der Waals surface area (Å²) in [5.74, 6) is 0.0563. The zero-order valence-electron chi connectivity index (χ0n) is 23.7. The molecule has 0 aromatic heterocycles. The molecule has 1 fully saturated rings. The van der Waals surface area contributed by atoms with Gasteiger partial charge in [-0.05, 0) is 63.0 Å². The average molecular weight is 516 g/mol. The third kappa shape index (κ3) is 7.93. The first-order chi connectivity index (χ1) is 17.7. The van der Waals surface area contributed by atoms with Gasteiger partial charge in [0.05, 0.1) is 19.1 Å². The number of rotatable bonds is 15. The van der Waals surface area contributed by atoms with E-state index in [1.54, 1.807) is 0 Å². The van der Waals surface area contributed by atoms with Gasteiger partial charge in [0.1, 0.15) is 5.75 Å². The molecule has 0 saturated carbocycles. The number of unbranched alkanes of at least 4 members (excludes halogenated alkanes) is 1. The van der Waals surface area contributed by atoms with Gasteiger partial charge in [0.15, 0.2) is 0 Å². The Balaban J connectivity index is 1.84. The van der Waals surface area contributed by atoms with E-state index in [1.165, 1.54) is 5.56 Å². The van der Waals surface area contributed by atoms with Crippen LogP contribution in [-0.2, 0) is 16.0 Å². The Bertz CT molecular complexity index is 890. The number of carboxylic acid groups (broad SMARTS) is 1. The number of fused-ring (bicyclic) bond motifs is 1. The maximum absolute atomic E-state index is 13.6. The zero-order chi connectivity index (χ0) is 26.9. The van der Waals surface area contributed by atoms with Gasteiger partial charge < -0.3 is 19.6 Å². The molecule has 1 aromatic rings. The molecule has 0 aliphatic carbocycles. The Morgan fingerprint density at radius 1 is 1.14 bits per heavy atom. The van der Waals surface area contributed by atoms with Gasteiger partial charge in [-0.1, -0.05) is 52.2 Å². The van der Waals surface area contributed by atoms with Gasteiger partial charge in [-0.15, -0.1) is 0 Å². The summed E-state index contributed by atoms with van der Waals surface area (Å²) in [7, 11) is 4.11. The molecule has 0 bridgehead atoms. The van der Waals surface area contributed by atoms with Crippen molar-refractivity contribution in [1.82, 2.24) is 14.7 Å². The lowest BCUT2D eigenvalue weighted by Crippen LogP contribution is -2.45. The van der Waals surface area contributed by atoms with E-state index in [4.69, 9.17) is 4.74 Å². The van der Waals surface area contributed by atoms with E-state index in [1.807, 2.05) is 17.0 Å². The van der Waals surface area contributed by atoms with Crippen LogP contribution in [0.2, 0.25) is 0 Å². The predicted octanol–water partition coefficient (Wildman–Crippen LogP) is 4.50. The first kappa shape index (κ1) is 29.4. The number of carbonyl (C=O) groups excluding carboxylic acids is 1. The van der Waals surface area contributed by atoms with E-state index < -0.39 is 11.9 Å². The molecule has 208 valence electrons. The molecule has 0 radical (unpaired) electrons. The molecule has 1 saturated heterocycles. The van der Waals surface area contributed by atoms with Crippen molar-refractivity contribution in [3.8, 4) is 5.75 Å². The molecule has 37 heavy (non-hydrogen) atoms. The van der Waals surface area contributed by atoms with Crippen LogP contribution >= 0.6 is 0 Å². The van der Waals surface area contributed by atoms with Crippen LogP contribution in [0.3, 0.4) is 0 Å². The molecule has 2 aliphatic heterocycles. The fourth-order valence-corrected chi connectivity index (χ4v) is 6.15. The van der Waals surface area contributed by atoms with Crippen molar-refractivity contribution in [3.05, 3.63) is 29.3 Å². The fraction of sp³-hybridized carbons (Fsp3) is 0.733. The highest BCUT2D eigenvalue weighted by Crippen LogP contribution is 2.42. The van der Waals surface area contributed by atoms with E-state index >= 15 is 0 Å². The lowest BCUT2D eigenvalue weighted by Gasteiger charge is -2.31. The van der Waals surface area contributed by atoms with E-state index in [0.29, 0.717) is 25.6 Å². The lowest BCUT2D eigenvalue weighted by molar-refractivity contribution is -0.144. The van der Waals surface area contributed by atoms with E-state index in [0.717, 1.165) is 75.9 Å². The molecule has 1 N–H and O–H groups in total. The zero-order valence-corrected chi connectivity index (χ0v) is 23.7. The Labute approximate surface area is 224 Å². The van der Waals surface area contributed by atoms with Crippen molar-refractivity contribution in [2.75, 3.05) is 53.4 Å². The van der Waals surface area contributed by atoms with Crippen LogP contribution < -0.4 is 4.74 Å². The second-order valence-corrected chi connectivity index (χ2v) is 11.5. The lowest BCUT2D eigenvalue weighted by atomic mass is 9.81. The van der Waals surface area contributed by atoms with Crippen molar-refractivity contribution in [1.29, 1.82) is 0 Å². The second-order valence-electron chi connectivity index (χ2n) is 11.5. The maximum Gasteiger partial charge on any atom is 0.308 e. The van der Waals surface area contributed by atoms with Crippen molar-refractivity contribution in [2.24, 2.45) is 11.8 Å². The topological polar surface area (TPSA) is 73.3 Å². The van der Waals surface area contributed by atoms with Crippen molar-refractivity contribution < 1.29 is 19.4 Å². The second kappa shape index (κ2) is 14.1. The minimum Gasteiger partial charge on any atom is -0.493 e. The summed E-state index contributed by atoms with van der Waals surface area (Å²) in [5, 5.41) is 10.4. The Morgan fingerprint density at radius 2 is 1.89 bits per heavy atom. The maximum atomic E-state index is 13.6. The number of amides is 1. The van der Waals surface area contributed by atoms with Crippen LogP contribution in [0.15, 0.2) is 18.2 Å². The molecule has 7 heteroatoms. The molecule has 2 aliphatic rings. The summed E-state index contributed by atoms with van der Waals surface area (Å²) in [6.45, 7) is 10.6. The Hall–Kier alpha value is -2.12. The van der Waals surface area contributed by atoms with Crippen LogP contribution in [0.25, 0.3) is 0 Å². The molecule has 7 nitrogen and oxygen atoms in total. The number of aliphatic carboxylic acids is 1. The monoisotopic (exact) mass is 515 g/mol. The number of benzene rings is 1. The molecule has 1 amide bonds. The summed E-state index contributed by atoms with van der Waals surface area (Å²) in [5.41, 5.74) is 2.23. The number of nitrogens with zero attached hydrogens (tertiary/aromatic N) is 3. The van der Waals surface area contributed by atoms with E-state index in [9.17, 15) is 14.7 Å². The van der Waals surface area contributed by atoms with Gasteiger partial charge in [-0.2, -0.15) is 0 Å². The number of hydrogen-bond donors (Lipinski definition) is 1. The summed E-state index contributed by atoms with van der Waals surface area (Å²) in [6, 6.07) is 6.04. The van der Waals surface area contributed by atoms with Gasteiger partial charge in [-0.25, -0.2) is 0 Å². The highest BCUT2D eigenvalue weighted by atomic mass is 16.5. The third-order valence-electron chi connectivity index (χ3n) is 8.11. The summed E-state index contributed by atoms with van der Waals surface area (Å²) in [4.78, 5) is 32.7. The minimum absolute atomic E-state index is 0.132. The quantitative estimate of drug-likeness (QED) is 0.371. The van der Waals surface area contributed by atoms with Crippen LogP contribution in [0.5, 0.6) is 5.75 Å². The normalized spacial score (nSPS) is 22.2. The standard InChI is InChI=1S/C30H49N3O4/c1-6-8-15-32(16-9-14-31(4)5)28(34)21-33-20-25(23-11-12-27-24(19-23)13-17-37-27)29(30(35)36)26(33)18-22(3)10-7-2/h11-12,19,22,25-26,29H,6-10,13-18,20-21H2,1-5H3,(H,35,36)/t22-,25-,26+,29-/m1/s1. The number of likely N-dealkylation sites (tertiary alicyclic amines) is 1. The number of carboxylic acids is 1. The van der Waals surface area contributed by atoms with E-state index in [2.05, 4.69) is 50.7 Å². The molecule has 4 atom stereocenters. The number of ether oxygens (including phenoxy) is 1. The molecular weight excluding hydrogens is 466 g/mol. The van der Waals surface area contributed by atoms with Gasteiger partial charge in [0.2, 0.25) is 5.91 Å². The first-order valence-electron chi connectivity index (χ1n) is 14.4. The Morgan fingerprint density at radius 3 is 2.57 bits per heavy atom. The third-order valence-corrected chi connectivity index (χ3v) is 8.11. The molecule has 3 rings (SSSR count). The molecule has 1 aromatic carbocycles. The smallest absolute Gasteiger partial charge is 0.308 e. The predicted molar refractivity (Wildman–Crippen MR) is 148 cm³/mol. The van der Waals surface area contributed by atoms with Crippen molar-refractivity contribution >= 4 is 11.9 Å². The molecule has 2 heterocycles. The molecule has 0 spiro atoms. The van der Waals surface area contributed by atoms with Crippen LogP contribution in [-0.4, -0.2) is 91.2 Å². The highest BCUT2D eigenvalue weighted by molar-refractivity contribution is 5.79. The largest absolute Gasteiger partial charge is 0.493 e. The molecule has 0 unspecified atom stereocenters. The summed E-state index contributed by atoms with van der Waals surface area (Å²) >= 11 is 0. The highest BCUT2D eigenvalue weighted by Gasteiger charge is 2.47. The average Bonchev–Trinajstić information content (AvgIpc) is 3.45. The fourth-order valence-electron chi connectivity index (χ4n) is 6.15. The van der Waals surface area contributed by atoms with Crippen molar-refractivity contribution in [3.63, 3.8) is 0 Å². The first-order valence-corrected chi connectivity index (χ1v) is 14.4. The Kier molecular flexibility index (Phi) is 11.3. The summed E-state index contributed by atoms with van der Waals surface area (Å²) < 4.78 is 5.69. The minimum atomic E-state index is -0.751. The molecular formula is C30H49N3O4. The van der Waals surface area contributed by atoms with E-state index in [-0.39, 0.29) is 17.9 Å². The SMILES string of the molecule is CCCCN(CCCN(C)C)C(=O)CN1C[C@H](c2ccc3c(c2)CCO3)[C@@H](C(=O)O)[C@@H]1C[C@H](C)CCC. The van der Waals surface area contributed by atoms with Crippen LogP contribution in [0, 0.1) is 11.8 Å². The van der Waals surface area contributed by atoms with Gasteiger partial charge in [0.25, 0.3) is 0 Å². The van der Waals surface area contributed by atoms with Crippen molar-refractivity contribution in [2.45, 2.75) is 77.7 Å².